The summed E-state index contributed by atoms with van der Waals surface area (Å²) in [6.45, 7) is 3.45. The van der Waals surface area contributed by atoms with Gasteiger partial charge in [-0.1, -0.05) is 13.3 Å². The Kier molecular flexibility index (Phi) is 5.34. The SMILES string of the molecule is CC(=O)[C@H](C)CCCCC(=O)O. The first-order valence-corrected chi connectivity index (χ1v) is 4.26. The molecule has 0 bridgehead atoms. The van der Waals surface area contributed by atoms with Gasteiger partial charge in [-0.05, 0) is 19.8 Å². The van der Waals surface area contributed by atoms with Gasteiger partial charge in [-0.3, -0.25) is 9.59 Å². The van der Waals surface area contributed by atoms with Crippen molar-refractivity contribution in [1.29, 1.82) is 0 Å². The summed E-state index contributed by atoms with van der Waals surface area (Å²) in [5, 5.41) is 8.32. The number of hydrogen-bond acceptors (Lipinski definition) is 2. The van der Waals surface area contributed by atoms with Gasteiger partial charge < -0.3 is 5.11 Å². The predicted molar refractivity (Wildman–Crippen MR) is 45.9 cm³/mol. The summed E-state index contributed by atoms with van der Waals surface area (Å²) in [4.78, 5) is 20.9. The predicted octanol–water partition coefficient (Wildman–Crippen LogP) is 1.86. The Hall–Kier alpha value is -0.860. The molecule has 0 saturated heterocycles. The van der Waals surface area contributed by atoms with Crippen LogP contribution in [0.5, 0.6) is 0 Å². The lowest BCUT2D eigenvalue weighted by atomic mass is 10.00. The molecule has 1 N–H and O–H groups in total. The maximum absolute atomic E-state index is 10.8. The summed E-state index contributed by atoms with van der Waals surface area (Å²) in [6, 6.07) is 0. The average molecular weight is 172 g/mol. The minimum atomic E-state index is -0.759. The lowest BCUT2D eigenvalue weighted by molar-refractivity contribution is -0.137. The number of hydrogen-bond donors (Lipinski definition) is 1. The van der Waals surface area contributed by atoms with E-state index in [4.69, 9.17) is 5.11 Å². The van der Waals surface area contributed by atoms with Crippen LogP contribution in [0.3, 0.4) is 0 Å². The van der Waals surface area contributed by atoms with Crippen LogP contribution in [-0.2, 0) is 9.59 Å². The second kappa shape index (κ2) is 5.75. The van der Waals surface area contributed by atoms with Gasteiger partial charge in [-0.15, -0.1) is 0 Å². The number of rotatable bonds is 6. The molecule has 12 heavy (non-hydrogen) atoms. The van der Waals surface area contributed by atoms with Crippen molar-refractivity contribution in [2.75, 3.05) is 0 Å². The molecule has 0 heterocycles. The number of aliphatic carboxylic acids is 1. The number of carbonyl (C=O) groups excluding carboxylic acids is 1. The normalized spacial score (nSPS) is 12.5. The zero-order valence-electron chi connectivity index (χ0n) is 7.67. The average Bonchev–Trinajstić information content (AvgIpc) is 1.97. The first-order chi connectivity index (χ1) is 5.54. The van der Waals surface area contributed by atoms with Crippen LogP contribution in [-0.4, -0.2) is 16.9 Å². The van der Waals surface area contributed by atoms with Crippen molar-refractivity contribution in [2.24, 2.45) is 5.92 Å². The molecule has 0 aromatic rings. The lowest BCUT2D eigenvalue weighted by Gasteiger charge is -2.05. The monoisotopic (exact) mass is 172 g/mol. The summed E-state index contributed by atoms with van der Waals surface area (Å²) >= 11 is 0. The molecule has 0 rings (SSSR count). The first kappa shape index (κ1) is 11.1. The molecule has 0 unspecified atom stereocenters. The number of carboxylic acid groups (broad SMARTS) is 1. The molecule has 3 nitrogen and oxygen atoms in total. The number of unbranched alkanes of at least 4 members (excludes halogenated alkanes) is 1. The van der Waals surface area contributed by atoms with Crippen molar-refractivity contribution in [2.45, 2.75) is 39.5 Å². The molecular weight excluding hydrogens is 156 g/mol. The van der Waals surface area contributed by atoms with E-state index in [0.29, 0.717) is 6.42 Å². The maximum Gasteiger partial charge on any atom is 0.303 e. The van der Waals surface area contributed by atoms with Crippen LogP contribution < -0.4 is 0 Å². The molecule has 0 saturated carbocycles. The van der Waals surface area contributed by atoms with Crippen LogP contribution in [0.2, 0.25) is 0 Å². The van der Waals surface area contributed by atoms with E-state index in [1.54, 1.807) is 6.92 Å². The largest absolute Gasteiger partial charge is 0.481 e. The van der Waals surface area contributed by atoms with Gasteiger partial charge in [0.2, 0.25) is 0 Å². The zero-order valence-corrected chi connectivity index (χ0v) is 7.67. The van der Waals surface area contributed by atoms with Gasteiger partial charge in [-0.25, -0.2) is 0 Å². The Balaban J connectivity index is 3.31. The molecule has 0 fully saturated rings. The minimum absolute atomic E-state index is 0.0822. The number of Topliss-reactive ketones (excluding diaryl/α,β-unsaturated/α-hetero) is 1. The Morgan fingerprint density at radius 3 is 2.33 bits per heavy atom. The fourth-order valence-corrected chi connectivity index (χ4v) is 0.930. The van der Waals surface area contributed by atoms with Gasteiger partial charge in [0, 0.05) is 12.3 Å². The Labute approximate surface area is 72.8 Å². The van der Waals surface area contributed by atoms with Crippen molar-refractivity contribution in [3.8, 4) is 0 Å². The van der Waals surface area contributed by atoms with Crippen LogP contribution in [0.25, 0.3) is 0 Å². The standard InChI is InChI=1S/C9H16O3/c1-7(8(2)10)5-3-4-6-9(11)12/h7H,3-6H2,1-2H3,(H,11,12)/t7-/m1/s1. The molecule has 0 radical (unpaired) electrons. The fourth-order valence-electron chi connectivity index (χ4n) is 0.930. The summed E-state index contributed by atoms with van der Waals surface area (Å²) in [7, 11) is 0. The van der Waals surface area contributed by atoms with Gasteiger partial charge in [0.15, 0.2) is 0 Å². The first-order valence-electron chi connectivity index (χ1n) is 4.26. The fraction of sp³-hybridized carbons (Fsp3) is 0.778. The molecule has 0 aromatic heterocycles. The van der Waals surface area contributed by atoms with E-state index in [0.717, 1.165) is 12.8 Å². The van der Waals surface area contributed by atoms with Crippen LogP contribution in [0, 0.1) is 5.92 Å². The Morgan fingerprint density at radius 2 is 1.92 bits per heavy atom. The number of ketones is 1. The highest BCUT2D eigenvalue weighted by Gasteiger charge is 2.06. The highest BCUT2D eigenvalue weighted by molar-refractivity contribution is 5.77. The van der Waals surface area contributed by atoms with Crippen LogP contribution in [0.4, 0.5) is 0 Å². The van der Waals surface area contributed by atoms with Crippen molar-refractivity contribution < 1.29 is 14.7 Å². The van der Waals surface area contributed by atoms with E-state index in [9.17, 15) is 9.59 Å². The topological polar surface area (TPSA) is 54.4 Å². The molecule has 0 aliphatic carbocycles. The molecule has 1 atom stereocenters. The van der Waals surface area contributed by atoms with Gasteiger partial charge in [0.1, 0.15) is 5.78 Å². The molecule has 0 aromatic carbocycles. The van der Waals surface area contributed by atoms with Crippen molar-refractivity contribution >= 4 is 11.8 Å². The van der Waals surface area contributed by atoms with Crippen molar-refractivity contribution in [3.05, 3.63) is 0 Å². The zero-order chi connectivity index (χ0) is 9.56. The van der Waals surface area contributed by atoms with E-state index >= 15 is 0 Å². The van der Waals surface area contributed by atoms with E-state index < -0.39 is 5.97 Å². The number of carboxylic acids is 1. The number of carbonyl (C=O) groups is 2. The van der Waals surface area contributed by atoms with Gasteiger partial charge >= 0.3 is 5.97 Å². The molecular formula is C9H16O3. The summed E-state index contributed by atoms with van der Waals surface area (Å²) in [6.07, 6.45) is 2.52. The second-order valence-corrected chi connectivity index (χ2v) is 3.15. The second-order valence-electron chi connectivity index (χ2n) is 3.15. The third kappa shape index (κ3) is 5.89. The Morgan fingerprint density at radius 1 is 1.33 bits per heavy atom. The molecule has 3 heteroatoms. The molecule has 0 aliphatic heterocycles. The van der Waals surface area contributed by atoms with Crippen LogP contribution >= 0.6 is 0 Å². The van der Waals surface area contributed by atoms with E-state index in [-0.39, 0.29) is 18.1 Å². The van der Waals surface area contributed by atoms with Gasteiger partial charge in [0.25, 0.3) is 0 Å². The Bertz CT molecular complexity index is 163. The molecule has 70 valence electrons. The third-order valence-electron chi connectivity index (χ3n) is 1.97. The minimum Gasteiger partial charge on any atom is -0.481 e. The van der Waals surface area contributed by atoms with E-state index in [1.807, 2.05) is 6.92 Å². The summed E-state index contributed by atoms with van der Waals surface area (Å²) < 4.78 is 0. The summed E-state index contributed by atoms with van der Waals surface area (Å²) in [5.41, 5.74) is 0. The molecule has 0 spiro atoms. The van der Waals surface area contributed by atoms with E-state index in [1.165, 1.54) is 0 Å². The highest BCUT2D eigenvalue weighted by atomic mass is 16.4. The van der Waals surface area contributed by atoms with Gasteiger partial charge in [-0.2, -0.15) is 0 Å². The van der Waals surface area contributed by atoms with Gasteiger partial charge in [0.05, 0.1) is 0 Å². The van der Waals surface area contributed by atoms with E-state index in [2.05, 4.69) is 0 Å². The molecule has 0 aliphatic rings. The molecule has 0 amide bonds. The van der Waals surface area contributed by atoms with Crippen molar-refractivity contribution in [3.63, 3.8) is 0 Å². The highest BCUT2D eigenvalue weighted by Crippen LogP contribution is 2.09. The van der Waals surface area contributed by atoms with Crippen LogP contribution in [0.1, 0.15) is 39.5 Å². The lowest BCUT2D eigenvalue weighted by Crippen LogP contribution is -2.06. The quantitative estimate of drug-likeness (QED) is 0.622. The van der Waals surface area contributed by atoms with Crippen LogP contribution in [0.15, 0.2) is 0 Å². The summed E-state index contributed by atoms with van der Waals surface area (Å²) in [5.74, 6) is -0.491. The third-order valence-corrected chi connectivity index (χ3v) is 1.97. The smallest absolute Gasteiger partial charge is 0.303 e. The van der Waals surface area contributed by atoms with Crippen molar-refractivity contribution in [1.82, 2.24) is 0 Å². The maximum atomic E-state index is 10.8.